The molecule has 0 saturated heterocycles. The number of nitrogens with one attached hydrogen (secondary N) is 1. The van der Waals surface area contributed by atoms with E-state index in [4.69, 9.17) is 11.6 Å². The number of rotatable bonds is 9. The highest BCUT2D eigenvalue weighted by Gasteiger charge is 2.68. The number of carbonyl (C=O) groups excluding carboxylic acids is 1. The van der Waals surface area contributed by atoms with Gasteiger partial charge in [0.15, 0.2) is 0 Å². The average Bonchev–Trinajstić information content (AvgIpc) is 3.59. The zero-order valence-corrected chi connectivity index (χ0v) is 21.9. The van der Waals surface area contributed by atoms with Gasteiger partial charge in [-0.2, -0.15) is 4.31 Å². The zero-order valence-electron chi connectivity index (χ0n) is 19.5. The summed E-state index contributed by atoms with van der Waals surface area (Å²) in [5, 5.41) is 10.8. The van der Waals surface area contributed by atoms with Crippen LogP contribution in [0, 0.1) is 0 Å². The molecule has 1 aliphatic rings. The lowest BCUT2D eigenvalue weighted by molar-refractivity contribution is -0.143. The van der Waals surface area contributed by atoms with Crippen molar-refractivity contribution < 1.29 is 31.5 Å². The van der Waals surface area contributed by atoms with E-state index in [0.29, 0.717) is 20.5 Å². The number of aliphatic carboxylic acids is 1. The molecule has 0 radical (unpaired) electrons. The molecule has 0 aliphatic heterocycles. The van der Waals surface area contributed by atoms with Crippen LogP contribution >= 0.6 is 11.6 Å². The molecule has 0 aromatic heterocycles. The molecule has 2 N–H and O–H groups in total. The van der Waals surface area contributed by atoms with Crippen LogP contribution in [0.15, 0.2) is 83.8 Å². The van der Waals surface area contributed by atoms with Crippen molar-refractivity contribution >= 4 is 43.5 Å². The first kappa shape index (κ1) is 26.8. The fourth-order valence-electron chi connectivity index (χ4n) is 4.35. The molecule has 0 spiro atoms. The molecular weight excluding hydrogens is 540 g/mol. The number of carbonyl (C=O) groups is 2. The van der Waals surface area contributed by atoms with Gasteiger partial charge >= 0.3 is 5.97 Å². The molecule has 1 aliphatic carbocycles. The summed E-state index contributed by atoms with van der Waals surface area (Å²) in [7, 11) is -8.57. The first-order chi connectivity index (χ1) is 17.3. The van der Waals surface area contributed by atoms with E-state index < -0.39 is 49.9 Å². The SMILES string of the molecule is CS(=O)(=O)NC(=O)CN(C1(C(=O)O)CC1c1ccccc1)S(=O)(=O)c1ccc(-c2ccc(Cl)cc2)cc1. The molecule has 0 heterocycles. The lowest BCUT2D eigenvalue weighted by atomic mass is 10.1. The molecular formula is C25H23ClN2O7S2. The zero-order chi connectivity index (χ0) is 27.0. The number of nitrogens with zero attached hydrogens (tertiary/aromatic N) is 1. The highest BCUT2D eigenvalue weighted by Crippen LogP contribution is 2.57. The van der Waals surface area contributed by atoms with E-state index in [1.807, 2.05) is 0 Å². The Morgan fingerprint density at radius 2 is 1.49 bits per heavy atom. The Balaban J connectivity index is 1.75. The van der Waals surface area contributed by atoms with Crippen LogP contribution in [-0.4, -0.2) is 56.5 Å². The van der Waals surface area contributed by atoms with Crippen molar-refractivity contribution in [3.63, 3.8) is 0 Å². The Hall–Kier alpha value is -3.25. The molecule has 1 amide bonds. The minimum absolute atomic E-state index is 0.0827. The molecule has 12 heteroatoms. The molecule has 9 nitrogen and oxygen atoms in total. The third-order valence-corrected chi connectivity index (χ3v) is 8.91. The van der Waals surface area contributed by atoms with Crippen LogP contribution in [0.4, 0.5) is 0 Å². The highest BCUT2D eigenvalue weighted by atomic mass is 35.5. The lowest BCUT2D eigenvalue weighted by Crippen LogP contribution is -2.52. The second-order valence-corrected chi connectivity index (χ2v) is 12.8. The predicted octanol–water partition coefficient (Wildman–Crippen LogP) is 3.08. The number of carboxylic acids is 1. The molecule has 3 aromatic carbocycles. The minimum Gasteiger partial charge on any atom is -0.480 e. The Kier molecular flexibility index (Phi) is 7.17. The van der Waals surface area contributed by atoms with Crippen LogP contribution in [0.1, 0.15) is 17.9 Å². The summed E-state index contributed by atoms with van der Waals surface area (Å²) in [6, 6.07) is 21.2. The van der Waals surface area contributed by atoms with Crippen molar-refractivity contribution in [2.45, 2.75) is 22.8 Å². The van der Waals surface area contributed by atoms with Crippen molar-refractivity contribution in [3.05, 3.63) is 89.4 Å². The molecule has 2 unspecified atom stereocenters. The van der Waals surface area contributed by atoms with Crippen molar-refractivity contribution in [2.75, 3.05) is 12.8 Å². The van der Waals surface area contributed by atoms with E-state index >= 15 is 0 Å². The van der Waals surface area contributed by atoms with Gasteiger partial charge in [-0.05, 0) is 47.4 Å². The normalized spacial score (nSPS) is 19.4. The van der Waals surface area contributed by atoms with Crippen molar-refractivity contribution in [1.82, 2.24) is 9.03 Å². The van der Waals surface area contributed by atoms with Crippen molar-refractivity contribution in [3.8, 4) is 11.1 Å². The summed E-state index contributed by atoms with van der Waals surface area (Å²) in [6.45, 7) is -0.996. The van der Waals surface area contributed by atoms with Gasteiger partial charge in [0.1, 0.15) is 5.54 Å². The Labute approximate surface area is 219 Å². The summed E-state index contributed by atoms with van der Waals surface area (Å²) >= 11 is 5.93. The number of carboxylic acid groups (broad SMARTS) is 1. The molecule has 0 bridgehead atoms. The van der Waals surface area contributed by atoms with Gasteiger partial charge in [-0.15, -0.1) is 0 Å². The van der Waals surface area contributed by atoms with Gasteiger partial charge in [0.25, 0.3) is 0 Å². The average molecular weight is 563 g/mol. The smallest absolute Gasteiger partial charge is 0.325 e. The van der Waals surface area contributed by atoms with E-state index in [9.17, 15) is 31.5 Å². The Morgan fingerprint density at radius 1 is 0.946 bits per heavy atom. The van der Waals surface area contributed by atoms with Gasteiger partial charge in [0, 0.05) is 10.9 Å². The molecule has 3 aromatic rings. The standard InChI is InChI=1S/C25H23ClN2O7S2/c1-36(32,33)27-23(29)16-28(25(24(30)31)15-22(25)19-5-3-2-4-6-19)37(34,35)21-13-9-18(10-14-21)17-7-11-20(26)12-8-17/h2-14,22H,15-16H2,1H3,(H,27,29)(H,30,31). The molecule has 194 valence electrons. The van der Waals surface area contributed by atoms with E-state index in [1.54, 1.807) is 71.5 Å². The van der Waals surface area contributed by atoms with Gasteiger partial charge < -0.3 is 5.11 Å². The topological polar surface area (TPSA) is 138 Å². The Bertz CT molecular complexity index is 1540. The van der Waals surface area contributed by atoms with Gasteiger partial charge in [-0.1, -0.05) is 66.2 Å². The number of amides is 1. The van der Waals surface area contributed by atoms with Crippen LogP contribution < -0.4 is 4.72 Å². The number of hydrogen-bond donors (Lipinski definition) is 2. The number of halogens is 1. The third kappa shape index (κ3) is 5.54. The number of hydrogen-bond acceptors (Lipinski definition) is 6. The maximum absolute atomic E-state index is 13.8. The van der Waals surface area contributed by atoms with Gasteiger partial charge in [0.2, 0.25) is 26.0 Å². The first-order valence-corrected chi connectivity index (χ1v) is 14.7. The first-order valence-electron chi connectivity index (χ1n) is 11.0. The summed E-state index contributed by atoms with van der Waals surface area (Å²) in [5.74, 6) is -3.33. The van der Waals surface area contributed by atoms with Gasteiger partial charge in [0.05, 0.1) is 17.7 Å². The van der Waals surface area contributed by atoms with E-state index in [0.717, 1.165) is 11.8 Å². The monoisotopic (exact) mass is 562 g/mol. The second-order valence-electron chi connectivity index (χ2n) is 8.74. The third-order valence-electron chi connectivity index (χ3n) is 6.16. The quantitative estimate of drug-likeness (QED) is 0.408. The van der Waals surface area contributed by atoms with Crippen LogP contribution in [0.3, 0.4) is 0 Å². The van der Waals surface area contributed by atoms with Crippen LogP contribution in [0.5, 0.6) is 0 Å². The van der Waals surface area contributed by atoms with E-state index in [1.165, 1.54) is 12.1 Å². The fourth-order valence-corrected chi connectivity index (χ4v) is 6.68. The second kappa shape index (κ2) is 9.90. The summed E-state index contributed by atoms with van der Waals surface area (Å²) in [4.78, 5) is 24.9. The maximum atomic E-state index is 13.8. The number of benzene rings is 3. The predicted molar refractivity (Wildman–Crippen MR) is 138 cm³/mol. The minimum atomic E-state index is -4.56. The molecule has 2 atom stereocenters. The number of sulfonamides is 2. The molecule has 1 saturated carbocycles. The van der Waals surface area contributed by atoms with Gasteiger partial charge in [-0.3, -0.25) is 14.3 Å². The lowest BCUT2D eigenvalue weighted by Gasteiger charge is -2.29. The molecule has 37 heavy (non-hydrogen) atoms. The van der Waals surface area contributed by atoms with E-state index in [-0.39, 0.29) is 11.3 Å². The summed E-state index contributed by atoms with van der Waals surface area (Å²) < 4.78 is 53.1. The van der Waals surface area contributed by atoms with Gasteiger partial charge in [-0.25, -0.2) is 16.8 Å². The van der Waals surface area contributed by atoms with Crippen molar-refractivity contribution in [2.24, 2.45) is 0 Å². The molecule has 4 rings (SSSR count). The molecule has 1 fully saturated rings. The maximum Gasteiger partial charge on any atom is 0.325 e. The summed E-state index contributed by atoms with van der Waals surface area (Å²) in [6.07, 6.45) is 0.663. The Morgan fingerprint density at radius 3 is 2.00 bits per heavy atom. The fraction of sp³-hybridized carbons (Fsp3) is 0.200. The van der Waals surface area contributed by atoms with Crippen LogP contribution in [0.25, 0.3) is 11.1 Å². The van der Waals surface area contributed by atoms with Crippen LogP contribution in [0.2, 0.25) is 5.02 Å². The highest BCUT2D eigenvalue weighted by molar-refractivity contribution is 7.89. The van der Waals surface area contributed by atoms with Crippen molar-refractivity contribution in [1.29, 1.82) is 0 Å². The van der Waals surface area contributed by atoms with E-state index in [2.05, 4.69) is 0 Å². The van der Waals surface area contributed by atoms with Crippen LogP contribution in [-0.2, 0) is 29.6 Å². The largest absolute Gasteiger partial charge is 0.480 e. The summed E-state index contributed by atoms with van der Waals surface area (Å²) in [5.41, 5.74) is 0.0976.